The van der Waals surface area contributed by atoms with Gasteiger partial charge in [-0.25, -0.2) is 0 Å². The van der Waals surface area contributed by atoms with Gasteiger partial charge in [0.2, 0.25) is 17.2 Å². The number of aliphatic carboxylic acids is 1. The molecule has 2 aliphatic carbocycles. The van der Waals surface area contributed by atoms with Crippen LogP contribution in [0, 0.1) is 34.6 Å². The highest BCUT2D eigenvalue weighted by atomic mass is 16.4. The Morgan fingerprint density at radius 1 is 0.833 bits per heavy atom. The standard InChI is InChI=1S/C42H44N2O4/c1-7-8-9-22-44(37-21-13-28(3)25-31(37)6)34-18-19-35(29(4)26-34)40-41(47)39(42(40)48)32-14-16-33(17-15-32)43(23-10-11-38(45)46)36-20-12-27(2)24-30(36)5/h7,12-21,24-26H,1,8-11,22-23H2,2-6H3,(H-,45,46,47,48)/p+1. The number of carboxylic acid groups (broad SMARTS) is 1. The lowest BCUT2D eigenvalue weighted by molar-refractivity contribution is -0.440. The van der Waals surface area contributed by atoms with Crippen molar-refractivity contribution in [1.82, 2.24) is 0 Å². The Morgan fingerprint density at radius 2 is 1.52 bits per heavy atom. The summed E-state index contributed by atoms with van der Waals surface area (Å²) in [5, 5.41) is 20.5. The summed E-state index contributed by atoms with van der Waals surface area (Å²) < 4.78 is 2.11. The molecule has 0 unspecified atom stereocenters. The Morgan fingerprint density at radius 3 is 2.12 bits per heavy atom. The maximum Gasteiger partial charge on any atom is 0.303 e. The predicted octanol–water partition coefficient (Wildman–Crippen LogP) is 9.26. The minimum Gasteiger partial charge on any atom is -0.506 e. The fourth-order valence-corrected chi connectivity index (χ4v) is 6.60. The maximum absolute atomic E-state index is 13.6. The molecule has 3 aromatic carbocycles. The van der Waals surface area contributed by atoms with Crippen molar-refractivity contribution in [3.8, 4) is 0 Å². The molecule has 0 aromatic heterocycles. The smallest absolute Gasteiger partial charge is 0.303 e. The van der Waals surface area contributed by atoms with Crippen LogP contribution in [0.5, 0.6) is 0 Å². The minimum absolute atomic E-state index is 0.00788. The number of aliphatic hydroxyl groups excluding tert-OH is 1. The van der Waals surface area contributed by atoms with Gasteiger partial charge in [0.25, 0.3) is 0 Å². The number of benzene rings is 3. The van der Waals surface area contributed by atoms with Crippen LogP contribution in [0.4, 0.5) is 17.1 Å². The predicted molar refractivity (Wildman–Crippen MR) is 196 cm³/mol. The van der Waals surface area contributed by atoms with E-state index in [1.54, 1.807) is 0 Å². The Hall–Kier alpha value is -5.23. The molecule has 0 spiro atoms. The van der Waals surface area contributed by atoms with Gasteiger partial charge in [-0.1, -0.05) is 41.5 Å². The average Bonchev–Trinajstić information content (AvgIpc) is 3.04. The molecule has 0 saturated heterocycles. The van der Waals surface area contributed by atoms with Crippen LogP contribution in [0.15, 0.2) is 108 Å². The van der Waals surface area contributed by atoms with Crippen molar-refractivity contribution in [2.24, 2.45) is 0 Å². The number of hydrogen-bond acceptors (Lipinski definition) is 4. The summed E-state index contributed by atoms with van der Waals surface area (Å²) in [5.74, 6) is -0.995. The van der Waals surface area contributed by atoms with E-state index >= 15 is 0 Å². The number of ketones is 1. The lowest BCUT2D eigenvalue weighted by Gasteiger charge is -2.29. The molecular formula is C42H45N2O4+. The molecule has 2 aliphatic rings. The molecule has 6 nitrogen and oxygen atoms in total. The number of hydrogen-bond donors (Lipinski definition) is 2. The summed E-state index contributed by atoms with van der Waals surface area (Å²) in [7, 11) is 0. The molecule has 48 heavy (non-hydrogen) atoms. The average molecular weight is 642 g/mol. The van der Waals surface area contributed by atoms with Crippen LogP contribution in [0.25, 0.3) is 5.57 Å². The number of Topliss-reactive ketones (excluding diaryl/α,β-unsaturated/α-hetero) is 1. The summed E-state index contributed by atoms with van der Waals surface area (Å²) >= 11 is 0. The van der Waals surface area contributed by atoms with Gasteiger partial charge in [-0.15, -0.1) is 6.58 Å². The van der Waals surface area contributed by atoms with Gasteiger partial charge >= 0.3 is 5.97 Å². The Balaban J connectivity index is 1.45. The SMILES string of the molecule is C=CCCCN(c1ccc(C2=C(O)C(=C3C=CC(=[N+](CCCC(=O)O)c4ccc(C)cc4C)C=C3)C2=O)c(C)c1)c1ccc(C)cc1C. The van der Waals surface area contributed by atoms with Crippen LogP contribution >= 0.6 is 0 Å². The molecule has 0 heterocycles. The van der Waals surface area contributed by atoms with Crippen molar-refractivity contribution >= 4 is 40.1 Å². The molecule has 0 fully saturated rings. The molecule has 246 valence electrons. The molecular weight excluding hydrogens is 596 g/mol. The third kappa shape index (κ3) is 7.18. The van der Waals surface area contributed by atoms with E-state index in [9.17, 15) is 19.8 Å². The van der Waals surface area contributed by atoms with E-state index in [1.807, 2.05) is 69.4 Å². The molecule has 0 atom stereocenters. The monoisotopic (exact) mass is 641 g/mol. The molecule has 3 aromatic rings. The zero-order valence-electron chi connectivity index (χ0n) is 28.6. The van der Waals surface area contributed by atoms with Crippen LogP contribution in [0.3, 0.4) is 0 Å². The molecule has 0 aliphatic heterocycles. The van der Waals surface area contributed by atoms with Gasteiger partial charge in [-0.3, -0.25) is 9.59 Å². The van der Waals surface area contributed by atoms with E-state index in [2.05, 4.69) is 66.3 Å². The van der Waals surface area contributed by atoms with Crippen LogP contribution < -0.4 is 4.90 Å². The second-order valence-corrected chi connectivity index (χ2v) is 12.8. The first-order valence-electron chi connectivity index (χ1n) is 16.6. The van der Waals surface area contributed by atoms with Crippen molar-refractivity contribution in [2.75, 3.05) is 18.0 Å². The van der Waals surface area contributed by atoms with Gasteiger partial charge in [-0.2, -0.15) is 4.58 Å². The fourth-order valence-electron chi connectivity index (χ4n) is 6.60. The van der Waals surface area contributed by atoms with Gasteiger partial charge in [0.1, 0.15) is 12.3 Å². The van der Waals surface area contributed by atoms with E-state index in [1.165, 1.54) is 11.1 Å². The summed E-state index contributed by atoms with van der Waals surface area (Å²) in [6, 6.07) is 18.8. The third-order valence-corrected chi connectivity index (χ3v) is 9.03. The first kappa shape index (κ1) is 34.1. The molecule has 2 N–H and O–H groups in total. The number of carbonyl (C=O) groups is 2. The van der Waals surface area contributed by atoms with E-state index in [-0.39, 0.29) is 18.0 Å². The zero-order valence-corrected chi connectivity index (χ0v) is 28.6. The number of nitrogens with zero attached hydrogens (tertiary/aromatic N) is 2. The quantitative estimate of drug-likeness (QED) is 0.0892. The van der Waals surface area contributed by atoms with Gasteiger partial charge in [0.05, 0.1) is 17.6 Å². The number of unbranched alkanes of at least 4 members (excludes halogenated alkanes) is 1. The third-order valence-electron chi connectivity index (χ3n) is 9.03. The first-order valence-corrected chi connectivity index (χ1v) is 16.6. The topological polar surface area (TPSA) is 80.8 Å². The highest BCUT2D eigenvalue weighted by Crippen LogP contribution is 2.41. The summed E-state index contributed by atoms with van der Waals surface area (Å²) in [5.41, 5.74) is 11.7. The Labute approximate surface area is 284 Å². The number of anilines is 2. The first-order chi connectivity index (χ1) is 23.0. The van der Waals surface area contributed by atoms with E-state index < -0.39 is 5.97 Å². The Bertz CT molecular complexity index is 1940. The molecule has 0 saturated carbocycles. The molecule has 6 heteroatoms. The largest absolute Gasteiger partial charge is 0.506 e. The highest BCUT2D eigenvalue weighted by molar-refractivity contribution is 6.39. The van der Waals surface area contributed by atoms with Gasteiger partial charge in [0.15, 0.2) is 0 Å². The normalized spacial score (nSPS) is 14.0. The second kappa shape index (κ2) is 14.7. The Kier molecular flexibility index (Phi) is 10.4. The number of rotatable bonds is 12. The molecule has 0 amide bonds. The van der Waals surface area contributed by atoms with Gasteiger partial charge < -0.3 is 15.1 Å². The number of carboxylic acids is 1. The maximum atomic E-state index is 13.6. The second-order valence-electron chi connectivity index (χ2n) is 12.8. The van der Waals surface area contributed by atoms with Crippen molar-refractivity contribution in [3.05, 3.63) is 142 Å². The van der Waals surface area contributed by atoms with Crippen molar-refractivity contribution in [3.63, 3.8) is 0 Å². The van der Waals surface area contributed by atoms with E-state index in [0.717, 1.165) is 64.4 Å². The molecule has 0 radical (unpaired) electrons. The van der Waals surface area contributed by atoms with Crippen molar-refractivity contribution in [2.45, 2.75) is 60.3 Å². The molecule has 5 rings (SSSR count). The lowest BCUT2D eigenvalue weighted by Crippen LogP contribution is -2.24. The molecule has 0 bridgehead atoms. The highest BCUT2D eigenvalue weighted by Gasteiger charge is 2.37. The fraction of sp³-hybridized carbons (Fsp3) is 0.262. The van der Waals surface area contributed by atoms with Gasteiger partial charge in [-0.05, 0) is 106 Å². The number of allylic oxidation sites excluding steroid dienone is 8. The van der Waals surface area contributed by atoms with Crippen LogP contribution in [0.1, 0.15) is 59.1 Å². The minimum atomic E-state index is -0.823. The summed E-state index contributed by atoms with van der Waals surface area (Å²) in [6.07, 6.45) is 11.9. The van der Waals surface area contributed by atoms with E-state index in [4.69, 9.17) is 0 Å². The van der Waals surface area contributed by atoms with Crippen molar-refractivity contribution in [1.29, 1.82) is 0 Å². The number of aryl methyl sites for hydroxylation is 5. The number of aliphatic hydroxyl groups is 1. The number of carbonyl (C=O) groups excluding carboxylic acids is 1. The van der Waals surface area contributed by atoms with Crippen LogP contribution in [-0.4, -0.2) is 45.3 Å². The zero-order chi connectivity index (χ0) is 34.5. The van der Waals surface area contributed by atoms with Crippen LogP contribution in [0.2, 0.25) is 0 Å². The van der Waals surface area contributed by atoms with Gasteiger partial charge in [0, 0.05) is 48.1 Å². The summed E-state index contributed by atoms with van der Waals surface area (Å²) in [6.45, 7) is 15.5. The summed E-state index contributed by atoms with van der Waals surface area (Å²) in [4.78, 5) is 27.1. The van der Waals surface area contributed by atoms with E-state index in [0.29, 0.717) is 29.7 Å². The van der Waals surface area contributed by atoms with Crippen LogP contribution in [-0.2, 0) is 9.59 Å². The van der Waals surface area contributed by atoms with Crippen molar-refractivity contribution < 1.29 is 24.4 Å². The lowest BCUT2D eigenvalue weighted by atomic mass is 9.79.